The Bertz CT molecular complexity index is 2190. The van der Waals surface area contributed by atoms with E-state index in [0.29, 0.717) is 72.2 Å². The summed E-state index contributed by atoms with van der Waals surface area (Å²) in [6.45, 7) is 10.9. The van der Waals surface area contributed by atoms with Crippen LogP contribution in [0.2, 0.25) is 5.02 Å². The van der Waals surface area contributed by atoms with Gasteiger partial charge >= 0.3 is 0 Å². The number of nitrogens with zero attached hydrogens (tertiary/aromatic N) is 4. The molecule has 1 amide bonds. The predicted molar refractivity (Wildman–Crippen MR) is 227 cm³/mol. The van der Waals surface area contributed by atoms with Crippen molar-refractivity contribution in [1.82, 2.24) is 15.1 Å². The van der Waals surface area contributed by atoms with E-state index in [9.17, 15) is 19.7 Å². The molecule has 3 aliphatic rings. The van der Waals surface area contributed by atoms with Gasteiger partial charge in [0.05, 0.1) is 34.9 Å². The minimum absolute atomic E-state index is 0.0692. The fraction of sp³-hybridized carbons (Fsp3) is 0.438. The summed E-state index contributed by atoms with van der Waals surface area (Å²) >= 11 is 7.06. The third kappa shape index (κ3) is 10.4. The van der Waals surface area contributed by atoms with Crippen molar-refractivity contribution in [1.29, 1.82) is 10.5 Å². The highest BCUT2D eigenvalue weighted by Crippen LogP contribution is 2.44. The molecule has 59 heavy (non-hydrogen) atoms. The molecule has 1 N–H and O–H groups in total. The fourth-order valence-corrected chi connectivity index (χ4v) is 8.80. The number of amides is 1. The van der Waals surface area contributed by atoms with Crippen molar-refractivity contribution >= 4 is 17.5 Å². The first-order valence-electron chi connectivity index (χ1n) is 20.9. The topological polar surface area (TPSA) is 111 Å². The smallest absolute Gasteiger partial charge is 0.220 e. The van der Waals surface area contributed by atoms with Crippen LogP contribution >= 0.6 is 11.6 Å². The molecule has 0 bridgehead atoms. The zero-order valence-corrected chi connectivity index (χ0v) is 35.0. The average molecular weight is 818 g/mol. The summed E-state index contributed by atoms with van der Waals surface area (Å²) < 4.78 is 33.2. The van der Waals surface area contributed by atoms with Crippen molar-refractivity contribution in [2.24, 2.45) is 0 Å². The van der Waals surface area contributed by atoms with Crippen molar-refractivity contribution in [3.05, 3.63) is 111 Å². The maximum absolute atomic E-state index is 13.6. The van der Waals surface area contributed by atoms with Crippen LogP contribution in [0.5, 0.6) is 17.2 Å². The second-order valence-electron chi connectivity index (χ2n) is 16.3. The van der Waals surface area contributed by atoms with Gasteiger partial charge in [0.1, 0.15) is 36.1 Å². The van der Waals surface area contributed by atoms with Gasteiger partial charge in [0, 0.05) is 62.9 Å². The van der Waals surface area contributed by atoms with Crippen LogP contribution in [0.15, 0.2) is 66.7 Å². The molecule has 0 aromatic heterocycles. The van der Waals surface area contributed by atoms with E-state index >= 15 is 0 Å². The first-order chi connectivity index (χ1) is 28.6. The number of carbonyl (C=O) groups is 1. The number of hydrogen-bond acceptors (Lipinski definition) is 8. The van der Waals surface area contributed by atoms with Crippen LogP contribution in [-0.4, -0.2) is 66.7 Å². The van der Waals surface area contributed by atoms with Crippen molar-refractivity contribution in [3.63, 3.8) is 0 Å². The van der Waals surface area contributed by atoms with Crippen molar-refractivity contribution in [3.8, 4) is 40.5 Å². The number of piperidine rings is 1. The lowest BCUT2D eigenvalue weighted by Crippen LogP contribution is -2.41. The van der Waals surface area contributed by atoms with E-state index in [2.05, 4.69) is 78.4 Å². The van der Waals surface area contributed by atoms with Crippen LogP contribution in [-0.2, 0) is 24.4 Å². The summed E-state index contributed by atoms with van der Waals surface area (Å²) in [4.78, 5) is 16.6. The van der Waals surface area contributed by atoms with Gasteiger partial charge in [0.15, 0.2) is 0 Å². The van der Waals surface area contributed by atoms with Crippen LogP contribution in [0, 0.1) is 29.6 Å². The Labute approximate surface area is 352 Å². The molecular formula is C48H53ClFN5O4. The molecular weight excluding hydrogens is 765 g/mol. The monoisotopic (exact) mass is 817 g/mol. The maximum atomic E-state index is 13.6. The number of rotatable bonds is 16. The molecule has 11 heteroatoms. The number of halogens is 2. The highest BCUT2D eigenvalue weighted by atomic mass is 35.5. The molecule has 2 atom stereocenters. The summed E-state index contributed by atoms with van der Waals surface area (Å²) in [6.07, 6.45) is 4.19. The second-order valence-corrected chi connectivity index (χ2v) is 16.7. The summed E-state index contributed by atoms with van der Waals surface area (Å²) in [5.74, 6) is 2.06. The Kier molecular flexibility index (Phi) is 13.7. The molecule has 7 rings (SSSR count). The van der Waals surface area contributed by atoms with Gasteiger partial charge in [0.2, 0.25) is 5.91 Å². The molecule has 2 fully saturated rings. The number of carbonyl (C=O) groups excluding carboxylic acids is 1. The molecule has 308 valence electrons. The van der Waals surface area contributed by atoms with E-state index < -0.39 is 6.17 Å². The number of likely N-dealkylation sites (tertiary alicyclic amines) is 1. The molecule has 2 aliphatic heterocycles. The van der Waals surface area contributed by atoms with Gasteiger partial charge in [0.25, 0.3) is 0 Å². The van der Waals surface area contributed by atoms with Crippen molar-refractivity contribution < 1.29 is 23.4 Å². The van der Waals surface area contributed by atoms with Crippen LogP contribution in [0.3, 0.4) is 0 Å². The Hall–Kier alpha value is -5.13. The van der Waals surface area contributed by atoms with E-state index in [1.54, 1.807) is 18.2 Å². The largest absolute Gasteiger partial charge is 0.493 e. The molecule has 2 heterocycles. The van der Waals surface area contributed by atoms with E-state index in [-0.39, 0.29) is 30.7 Å². The lowest BCUT2D eigenvalue weighted by Gasteiger charge is -2.30. The summed E-state index contributed by atoms with van der Waals surface area (Å²) in [7, 11) is 0. The molecule has 0 unspecified atom stereocenters. The van der Waals surface area contributed by atoms with E-state index in [0.717, 1.165) is 73.3 Å². The van der Waals surface area contributed by atoms with Crippen LogP contribution in [0.1, 0.15) is 97.4 Å². The first-order valence-corrected chi connectivity index (χ1v) is 21.3. The average Bonchev–Trinajstić information content (AvgIpc) is 3.85. The van der Waals surface area contributed by atoms with Crippen LogP contribution in [0.25, 0.3) is 11.1 Å². The fourth-order valence-electron chi connectivity index (χ4n) is 8.57. The Morgan fingerprint density at radius 2 is 1.66 bits per heavy atom. The standard InChI is InChI=1S/C48H53ClFN5O4/c1-31(2)55(29-38-11-14-48(56)53-38)28-36-24-43(49)47(25-46(36)58-30-35-22-33(26-51)21-34(23-35)27-52)59-45-13-12-41-40(8-4-9-42(41)45)39-7-5-10-44(32(39)3)57-20-6-17-54-18-15-37(50)16-19-54/h4-5,7-10,21-25,31,37-38,45H,6,11-20,28-30H2,1-3H3,(H,53,56)/t38-,45+/m1/s1. The molecule has 0 spiro atoms. The third-order valence-corrected chi connectivity index (χ3v) is 12.2. The number of alkyl halides is 1. The summed E-state index contributed by atoms with van der Waals surface area (Å²) in [6, 6.07) is 25.9. The van der Waals surface area contributed by atoms with E-state index in [1.165, 1.54) is 11.1 Å². The van der Waals surface area contributed by atoms with Gasteiger partial charge in [-0.15, -0.1) is 0 Å². The molecule has 2 saturated heterocycles. The minimum Gasteiger partial charge on any atom is -0.493 e. The molecule has 4 aromatic rings. The number of nitrogens with one attached hydrogen (secondary N) is 1. The normalized spacial score (nSPS) is 18.1. The summed E-state index contributed by atoms with van der Waals surface area (Å²) in [5, 5.41) is 22.7. The molecule has 4 aromatic carbocycles. The number of fused-ring (bicyclic) bond motifs is 1. The number of nitriles is 2. The maximum Gasteiger partial charge on any atom is 0.220 e. The quantitative estimate of drug-likeness (QED) is 0.111. The summed E-state index contributed by atoms with van der Waals surface area (Å²) in [5.41, 5.74) is 8.12. The van der Waals surface area contributed by atoms with Gasteiger partial charge in [-0.1, -0.05) is 41.9 Å². The van der Waals surface area contributed by atoms with E-state index in [4.69, 9.17) is 25.8 Å². The van der Waals surface area contributed by atoms with E-state index in [1.807, 2.05) is 18.2 Å². The van der Waals surface area contributed by atoms with Crippen molar-refractivity contribution in [2.75, 3.05) is 32.8 Å². The SMILES string of the molecule is Cc1c(OCCCN2CCC(F)CC2)cccc1-c1cccc2c1CC[C@@H]2Oc1cc(OCc2cc(C#N)cc(C#N)c2)c(CN(C[C@H]2CCC(=O)N2)C(C)C)cc1Cl. The minimum atomic E-state index is -0.662. The van der Waals surface area contributed by atoms with Gasteiger partial charge in [-0.05, 0) is 123 Å². The first kappa shape index (κ1) is 42.0. The van der Waals surface area contributed by atoms with Crippen LogP contribution in [0.4, 0.5) is 4.39 Å². The van der Waals surface area contributed by atoms with Crippen molar-refractivity contribution in [2.45, 2.75) is 103 Å². The number of hydrogen-bond donors (Lipinski definition) is 1. The lowest BCUT2D eigenvalue weighted by atomic mass is 9.93. The molecule has 0 saturated carbocycles. The lowest BCUT2D eigenvalue weighted by molar-refractivity contribution is -0.119. The highest BCUT2D eigenvalue weighted by Gasteiger charge is 2.30. The highest BCUT2D eigenvalue weighted by molar-refractivity contribution is 6.32. The second kappa shape index (κ2) is 19.3. The predicted octanol–water partition coefficient (Wildman–Crippen LogP) is 9.40. The third-order valence-electron chi connectivity index (χ3n) is 11.9. The Morgan fingerprint density at radius 1 is 0.915 bits per heavy atom. The van der Waals surface area contributed by atoms with Gasteiger partial charge in [-0.2, -0.15) is 10.5 Å². The number of benzene rings is 4. The zero-order chi connectivity index (χ0) is 41.5. The Balaban J connectivity index is 1.10. The number of ether oxygens (including phenoxy) is 3. The molecule has 9 nitrogen and oxygen atoms in total. The van der Waals surface area contributed by atoms with Gasteiger partial charge in [-0.25, -0.2) is 4.39 Å². The Morgan fingerprint density at radius 3 is 2.37 bits per heavy atom. The zero-order valence-electron chi connectivity index (χ0n) is 34.2. The molecule has 0 radical (unpaired) electrons. The van der Waals surface area contributed by atoms with Crippen LogP contribution < -0.4 is 19.5 Å². The van der Waals surface area contributed by atoms with Gasteiger partial charge < -0.3 is 24.4 Å². The molecule has 1 aliphatic carbocycles. The van der Waals surface area contributed by atoms with Gasteiger partial charge in [-0.3, -0.25) is 9.69 Å².